The third-order valence-electron chi connectivity index (χ3n) is 4.33. The molecular formula is C19H18N6O3S. The van der Waals surface area contributed by atoms with Gasteiger partial charge < -0.3 is 5.32 Å². The SMILES string of the molecule is Cn1nc(-c2ccccc2)c2c(NCc3ccc(NS(=O)(=O)O)cc3)ncnc21. The van der Waals surface area contributed by atoms with Gasteiger partial charge in [0.25, 0.3) is 0 Å². The van der Waals surface area contributed by atoms with Crippen LogP contribution in [0.2, 0.25) is 0 Å². The lowest BCUT2D eigenvalue weighted by Gasteiger charge is -2.09. The van der Waals surface area contributed by atoms with E-state index < -0.39 is 10.3 Å². The molecule has 9 nitrogen and oxygen atoms in total. The molecule has 0 amide bonds. The van der Waals surface area contributed by atoms with Gasteiger partial charge in [-0.1, -0.05) is 42.5 Å². The molecule has 0 atom stereocenters. The molecule has 0 aliphatic heterocycles. The minimum atomic E-state index is -4.29. The van der Waals surface area contributed by atoms with Crippen molar-refractivity contribution < 1.29 is 13.0 Å². The number of hydrogen-bond acceptors (Lipinski definition) is 6. The second-order valence-electron chi connectivity index (χ2n) is 6.39. The fraction of sp³-hybridized carbons (Fsp3) is 0.105. The second kappa shape index (κ2) is 7.49. The summed E-state index contributed by atoms with van der Waals surface area (Å²) < 4.78 is 34.3. The number of fused-ring (bicyclic) bond motifs is 1. The summed E-state index contributed by atoms with van der Waals surface area (Å²) >= 11 is 0. The van der Waals surface area contributed by atoms with Crippen molar-refractivity contribution in [1.29, 1.82) is 0 Å². The first-order chi connectivity index (χ1) is 13.9. The van der Waals surface area contributed by atoms with Gasteiger partial charge in [-0.05, 0) is 17.7 Å². The number of benzene rings is 2. The van der Waals surface area contributed by atoms with E-state index in [9.17, 15) is 8.42 Å². The molecule has 0 aliphatic carbocycles. The molecule has 0 radical (unpaired) electrons. The zero-order chi connectivity index (χ0) is 20.4. The largest absolute Gasteiger partial charge is 0.365 e. The average molecular weight is 410 g/mol. The molecule has 4 rings (SSSR count). The van der Waals surface area contributed by atoms with Crippen molar-refractivity contribution >= 4 is 32.8 Å². The van der Waals surface area contributed by atoms with Gasteiger partial charge in [0.1, 0.15) is 17.8 Å². The molecule has 0 unspecified atom stereocenters. The maximum Gasteiger partial charge on any atom is 0.357 e. The third kappa shape index (κ3) is 4.18. The maximum absolute atomic E-state index is 10.9. The summed E-state index contributed by atoms with van der Waals surface area (Å²) in [6, 6.07) is 16.5. The quantitative estimate of drug-likeness (QED) is 0.418. The number of rotatable bonds is 6. The molecule has 0 fully saturated rings. The van der Waals surface area contributed by atoms with Gasteiger partial charge in [-0.2, -0.15) is 13.5 Å². The van der Waals surface area contributed by atoms with E-state index in [-0.39, 0.29) is 5.69 Å². The average Bonchev–Trinajstić information content (AvgIpc) is 3.04. The van der Waals surface area contributed by atoms with Gasteiger partial charge in [-0.3, -0.25) is 9.27 Å². The van der Waals surface area contributed by atoms with Crippen molar-refractivity contribution in [1.82, 2.24) is 19.7 Å². The Morgan fingerprint density at radius 2 is 1.76 bits per heavy atom. The van der Waals surface area contributed by atoms with Gasteiger partial charge in [0.2, 0.25) is 0 Å². The first-order valence-corrected chi connectivity index (χ1v) is 10.2. The van der Waals surface area contributed by atoms with Crippen molar-refractivity contribution in [3.05, 3.63) is 66.5 Å². The Labute approximate surface area is 167 Å². The Morgan fingerprint density at radius 3 is 2.45 bits per heavy atom. The van der Waals surface area contributed by atoms with Crippen LogP contribution in [0.1, 0.15) is 5.56 Å². The van der Waals surface area contributed by atoms with Gasteiger partial charge in [0, 0.05) is 19.2 Å². The fourth-order valence-electron chi connectivity index (χ4n) is 3.04. The van der Waals surface area contributed by atoms with Crippen LogP contribution in [0.4, 0.5) is 11.5 Å². The van der Waals surface area contributed by atoms with Gasteiger partial charge in [0.05, 0.1) is 11.1 Å². The molecule has 2 aromatic heterocycles. The Hall–Kier alpha value is -3.50. The number of nitrogens with zero attached hydrogens (tertiary/aromatic N) is 4. The summed E-state index contributed by atoms with van der Waals surface area (Å²) in [7, 11) is -2.45. The zero-order valence-electron chi connectivity index (χ0n) is 15.4. The molecule has 10 heteroatoms. The smallest absolute Gasteiger partial charge is 0.357 e. The Bertz CT molecular complexity index is 1250. The van der Waals surface area contributed by atoms with Gasteiger partial charge in [-0.15, -0.1) is 0 Å². The van der Waals surface area contributed by atoms with E-state index in [2.05, 4.69) is 20.4 Å². The van der Waals surface area contributed by atoms with Crippen LogP contribution in [0, 0.1) is 0 Å². The van der Waals surface area contributed by atoms with E-state index in [4.69, 9.17) is 4.55 Å². The van der Waals surface area contributed by atoms with Crippen LogP contribution in [0.3, 0.4) is 0 Å². The topological polar surface area (TPSA) is 122 Å². The van der Waals surface area contributed by atoms with Crippen molar-refractivity contribution in [3.63, 3.8) is 0 Å². The lowest BCUT2D eigenvalue weighted by atomic mass is 10.1. The van der Waals surface area contributed by atoms with Gasteiger partial charge in [0.15, 0.2) is 5.65 Å². The zero-order valence-corrected chi connectivity index (χ0v) is 16.3. The van der Waals surface area contributed by atoms with E-state index in [1.807, 2.05) is 42.1 Å². The maximum atomic E-state index is 10.9. The minimum Gasteiger partial charge on any atom is -0.365 e. The highest BCUT2D eigenvalue weighted by molar-refractivity contribution is 7.87. The summed E-state index contributed by atoms with van der Waals surface area (Å²) in [6.07, 6.45) is 1.49. The molecule has 4 aromatic rings. The van der Waals surface area contributed by atoms with Crippen LogP contribution in [0.15, 0.2) is 60.9 Å². The summed E-state index contributed by atoms with van der Waals surface area (Å²) in [6.45, 7) is 0.460. The lowest BCUT2D eigenvalue weighted by Crippen LogP contribution is -2.10. The molecule has 0 aliphatic rings. The van der Waals surface area contributed by atoms with Gasteiger partial charge in [-0.25, -0.2) is 14.6 Å². The Morgan fingerprint density at radius 1 is 1.03 bits per heavy atom. The molecular weight excluding hydrogens is 392 g/mol. The van der Waals surface area contributed by atoms with Crippen LogP contribution >= 0.6 is 0 Å². The summed E-state index contributed by atoms with van der Waals surface area (Å²) in [4.78, 5) is 8.74. The highest BCUT2D eigenvalue weighted by atomic mass is 32.2. The highest BCUT2D eigenvalue weighted by Gasteiger charge is 2.16. The fourth-order valence-corrected chi connectivity index (χ4v) is 3.48. The first kappa shape index (κ1) is 18.8. The molecule has 0 bridgehead atoms. The normalized spacial score (nSPS) is 11.5. The number of aryl methyl sites for hydroxylation is 1. The molecule has 2 aromatic carbocycles. The first-order valence-electron chi connectivity index (χ1n) is 8.72. The van der Waals surface area contributed by atoms with E-state index in [1.165, 1.54) is 6.33 Å². The summed E-state index contributed by atoms with van der Waals surface area (Å²) in [5, 5.41) is 8.73. The standard InChI is InChI=1S/C19H18N6O3S/c1-25-19-16(17(23-25)14-5-3-2-4-6-14)18(21-12-22-19)20-11-13-7-9-15(10-8-13)24-29(26,27)28/h2-10,12,24H,11H2,1H3,(H,20,21,22)(H,26,27,28). The molecule has 2 heterocycles. The molecule has 29 heavy (non-hydrogen) atoms. The minimum absolute atomic E-state index is 0.277. The monoisotopic (exact) mass is 410 g/mol. The van der Waals surface area contributed by atoms with E-state index in [0.29, 0.717) is 18.0 Å². The predicted octanol–water partition coefficient (Wildman–Crippen LogP) is 2.86. The second-order valence-corrected chi connectivity index (χ2v) is 7.54. The Kier molecular flexibility index (Phi) is 4.87. The molecule has 0 saturated heterocycles. The van der Waals surface area contributed by atoms with Crippen molar-refractivity contribution in [2.45, 2.75) is 6.54 Å². The predicted molar refractivity (Wildman–Crippen MR) is 111 cm³/mol. The third-order valence-corrected chi connectivity index (χ3v) is 4.82. The Balaban J connectivity index is 1.62. The molecule has 0 saturated carbocycles. The van der Waals surface area contributed by atoms with Crippen LogP contribution in [0.5, 0.6) is 0 Å². The number of aromatic nitrogens is 4. The van der Waals surface area contributed by atoms with Crippen molar-refractivity contribution in [2.75, 3.05) is 10.0 Å². The molecule has 0 spiro atoms. The van der Waals surface area contributed by atoms with Crippen LogP contribution < -0.4 is 10.0 Å². The number of nitrogens with one attached hydrogen (secondary N) is 2. The summed E-state index contributed by atoms with van der Waals surface area (Å²) in [5.41, 5.74) is 3.66. The van der Waals surface area contributed by atoms with Crippen LogP contribution in [0.25, 0.3) is 22.3 Å². The number of hydrogen-bond donors (Lipinski definition) is 3. The van der Waals surface area contributed by atoms with Crippen LogP contribution in [-0.2, 0) is 23.9 Å². The summed E-state index contributed by atoms with van der Waals surface area (Å²) in [5.74, 6) is 0.655. The van der Waals surface area contributed by atoms with E-state index in [0.717, 1.165) is 22.2 Å². The lowest BCUT2D eigenvalue weighted by molar-refractivity contribution is 0.489. The van der Waals surface area contributed by atoms with E-state index in [1.54, 1.807) is 28.9 Å². The number of anilines is 2. The van der Waals surface area contributed by atoms with Crippen molar-refractivity contribution in [2.24, 2.45) is 7.05 Å². The van der Waals surface area contributed by atoms with E-state index >= 15 is 0 Å². The molecule has 148 valence electrons. The van der Waals surface area contributed by atoms with Gasteiger partial charge >= 0.3 is 10.3 Å². The molecule has 3 N–H and O–H groups in total. The van der Waals surface area contributed by atoms with Crippen LogP contribution in [-0.4, -0.2) is 32.7 Å². The van der Waals surface area contributed by atoms with Crippen molar-refractivity contribution in [3.8, 4) is 11.3 Å². The highest BCUT2D eigenvalue weighted by Crippen LogP contribution is 2.31.